The minimum Gasteiger partial charge on any atom is -0.495 e. The highest BCUT2D eigenvalue weighted by molar-refractivity contribution is 5.98. The molecule has 0 aromatic heterocycles. The highest BCUT2D eigenvalue weighted by atomic mass is 16.5. The SMILES string of the molecule is COc1cccc2c1NC(NC1CCC1)=NC2C. The average molecular weight is 245 g/mol. The van der Waals surface area contributed by atoms with Crippen LogP contribution in [0.3, 0.4) is 0 Å². The predicted octanol–water partition coefficient (Wildman–Crippen LogP) is 2.68. The van der Waals surface area contributed by atoms with Gasteiger partial charge in [0.1, 0.15) is 5.75 Å². The van der Waals surface area contributed by atoms with Crippen LogP contribution < -0.4 is 15.4 Å². The van der Waals surface area contributed by atoms with Crippen molar-refractivity contribution in [3.05, 3.63) is 23.8 Å². The molecule has 1 aromatic rings. The summed E-state index contributed by atoms with van der Waals surface area (Å²) in [5.74, 6) is 1.76. The monoisotopic (exact) mass is 245 g/mol. The molecule has 4 nitrogen and oxygen atoms in total. The standard InChI is InChI=1S/C14H19N3O/c1-9-11-7-4-8-12(18-2)13(11)17-14(15-9)16-10-5-3-6-10/h4,7-10H,3,5-6H2,1-2H3,(H2,15,16,17). The number of hydrogen-bond donors (Lipinski definition) is 2. The Balaban J connectivity index is 1.85. The van der Waals surface area contributed by atoms with Crippen LogP contribution in [0.15, 0.2) is 23.2 Å². The lowest BCUT2D eigenvalue weighted by Gasteiger charge is -2.31. The van der Waals surface area contributed by atoms with E-state index in [9.17, 15) is 0 Å². The molecule has 0 bridgehead atoms. The van der Waals surface area contributed by atoms with Gasteiger partial charge in [-0.3, -0.25) is 0 Å². The molecule has 18 heavy (non-hydrogen) atoms. The topological polar surface area (TPSA) is 45.6 Å². The van der Waals surface area contributed by atoms with Gasteiger partial charge in [0, 0.05) is 11.6 Å². The summed E-state index contributed by atoms with van der Waals surface area (Å²) in [6, 6.07) is 6.83. The van der Waals surface area contributed by atoms with Crippen LogP contribution in [-0.4, -0.2) is 19.1 Å². The number of guanidine groups is 1. The third-order valence-corrected chi connectivity index (χ3v) is 3.74. The van der Waals surface area contributed by atoms with Crippen LogP contribution in [0.5, 0.6) is 5.75 Å². The summed E-state index contributed by atoms with van der Waals surface area (Å²) < 4.78 is 5.41. The number of benzene rings is 1. The van der Waals surface area contributed by atoms with Crippen LogP contribution in [0, 0.1) is 0 Å². The number of aliphatic imine (C=N–C) groups is 1. The number of ether oxygens (including phenoxy) is 1. The molecule has 1 aromatic carbocycles. The van der Waals surface area contributed by atoms with Crippen molar-refractivity contribution >= 4 is 11.6 Å². The van der Waals surface area contributed by atoms with Gasteiger partial charge in [0.05, 0.1) is 18.8 Å². The molecule has 1 atom stereocenters. The third kappa shape index (κ3) is 1.92. The largest absolute Gasteiger partial charge is 0.495 e. The number of nitrogens with zero attached hydrogens (tertiary/aromatic N) is 1. The summed E-state index contributed by atoms with van der Waals surface area (Å²) >= 11 is 0. The number of para-hydroxylation sites is 1. The van der Waals surface area contributed by atoms with Crippen molar-refractivity contribution in [2.24, 2.45) is 4.99 Å². The molecule has 1 aliphatic carbocycles. The van der Waals surface area contributed by atoms with Gasteiger partial charge in [0.25, 0.3) is 0 Å². The first-order valence-electron chi connectivity index (χ1n) is 6.56. The first kappa shape index (κ1) is 11.4. The van der Waals surface area contributed by atoms with Crippen molar-refractivity contribution in [3.63, 3.8) is 0 Å². The van der Waals surface area contributed by atoms with Crippen molar-refractivity contribution in [2.45, 2.75) is 38.3 Å². The van der Waals surface area contributed by atoms with E-state index in [1.165, 1.54) is 24.8 Å². The fourth-order valence-electron chi connectivity index (χ4n) is 2.43. The van der Waals surface area contributed by atoms with Crippen LogP contribution in [0.4, 0.5) is 5.69 Å². The molecule has 1 fully saturated rings. The second-order valence-corrected chi connectivity index (χ2v) is 4.98. The van der Waals surface area contributed by atoms with E-state index in [1.54, 1.807) is 7.11 Å². The number of methoxy groups -OCH3 is 1. The van der Waals surface area contributed by atoms with Gasteiger partial charge in [-0.05, 0) is 32.3 Å². The Morgan fingerprint density at radius 3 is 2.89 bits per heavy atom. The summed E-state index contributed by atoms with van der Waals surface area (Å²) in [5.41, 5.74) is 2.23. The highest BCUT2D eigenvalue weighted by Crippen LogP contribution is 2.36. The fourth-order valence-corrected chi connectivity index (χ4v) is 2.43. The molecule has 96 valence electrons. The molecule has 0 saturated heterocycles. The fraction of sp³-hybridized carbons (Fsp3) is 0.500. The van der Waals surface area contributed by atoms with Crippen molar-refractivity contribution in [1.29, 1.82) is 0 Å². The number of nitrogens with one attached hydrogen (secondary N) is 2. The van der Waals surface area contributed by atoms with Gasteiger partial charge >= 0.3 is 0 Å². The number of rotatable bonds is 2. The quantitative estimate of drug-likeness (QED) is 0.842. The lowest BCUT2D eigenvalue weighted by Crippen LogP contribution is -2.44. The molecule has 3 rings (SSSR count). The Morgan fingerprint density at radius 2 is 2.22 bits per heavy atom. The van der Waals surface area contributed by atoms with Crippen LogP contribution in [0.1, 0.15) is 37.8 Å². The lowest BCUT2D eigenvalue weighted by atomic mass is 9.93. The maximum atomic E-state index is 5.41. The average Bonchev–Trinajstić information content (AvgIpc) is 2.33. The van der Waals surface area contributed by atoms with Gasteiger partial charge in [-0.2, -0.15) is 0 Å². The van der Waals surface area contributed by atoms with E-state index in [1.807, 2.05) is 12.1 Å². The van der Waals surface area contributed by atoms with Gasteiger partial charge < -0.3 is 15.4 Å². The molecule has 1 aliphatic heterocycles. The predicted molar refractivity (Wildman–Crippen MR) is 73.2 cm³/mol. The maximum Gasteiger partial charge on any atom is 0.196 e. The third-order valence-electron chi connectivity index (χ3n) is 3.74. The second-order valence-electron chi connectivity index (χ2n) is 4.98. The molecule has 2 aliphatic rings. The molecule has 0 amide bonds. The smallest absolute Gasteiger partial charge is 0.196 e. The maximum absolute atomic E-state index is 5.41. The molecular formula is C14H19N3O. The molecule has 4 heteroatoms. The van der Waals surface area contributed by atoms with Gasteiger partial charge in [-0.25, -0.2) is 4.99 Å². The van der Waals surface area contributed by atoms with E-state index < -0.39 is 0 Å². The van der Waals surface area contributed by atoms with Gasteiger partial charge in [-0.15, -0.1) is 0 Å². The Labute approximate surface area is 107 Å². The summed E-state index contributed by atoms with van der Waals surface area (Å²) in [6.45, 7) is 2.11. The molecule has 1 saturated carbocycles. The summed E-state index contributed by atoms with van der Waals surface area (Å²) in [6.07, 6.45) is 3.81. The van der Waals surface area contributed by atoms with Crippen molar-refractivity contribution in [2.75, 3.05) is 12.4 Å². The highest BCUT2D eigenvalue weighted by Gasteiger charge is 2.24. The van der Waals surface area contributed by atoms with Crippen LogP contribution in [0.25, 0.3) is 0 Å². The molecule has 2 N–H and O–H groups in total. The van der Waals surface area contributed by atoms with Crippen LogP contribution in [0.2, 0.25) is 0 Å². The first-order valence-corrected chi connectivity index (χ1v) is 6.56. The summed E-state index contributed by atoms with van der Waals surface area (Å²) in [5, 5.41) is 6.82. The van der Waals surface area contributed by atoms with E-state index in [4.69, 9.17) is 4.74 Å². The zero-order valence-electron chi connectivity index (χ0n) is 10.9. The van der Waals surface area contributed by atoms with Crippen LogP contribution in [-0.2, 0) is 0 Å². The zero-order chi connectivity index (χ0) is 12.5. The van der Waals surface area contributed by atoms with E-state index in [0.29, 0.717) is 6.04 Å². The minimum absolute atomic E-state index is 0.166. The van der Waals surface area contributed by atoms with E-state index in [0.717, 1.165) is 17.4 Å². The van der Waals surface area contributed by atoms with E-state index >= 15 is 0 Å². The molecule has 1 heterocycles. The second kappa shape index (κ2) is 4.52. The number of anilines is 1. The molecular weight excluding hydrogens is 226 g/mol. The van der Waals surface area contributed by atoms with Crippen molar-refractivity contribution in [3.8, 4) is 5.75 Å². The van der Waals surface area contributed by atoms with Crippen molar-refractivity contribution < 1.29 is 4.74 Å². The van der Waals surface area contributed by atoms with E-state index in [-0.39, 0.29) is 6.04 Å². The Hall–Kier alpha value is -1.71. The minimum atomic E-state index is 0.166. The van der Waals surface area contributed by atoms with Gasteiger partial charge in [0.2, 0.25) is 0 Å². The van der Waals surface area contributed by atoms with Gasteiger partial charge in [-0.1, -0.05) is 12.1 Å². The molecule has 0 radical (unpaired) electrons. The Kier molecular flexibility index (Phi) is 2.86. The first-order chi connectivity index (χ1) is 8.78. The summed E-state index contributed by atoms with van der Waals surface area (Å²) in [4.78, 5) is 4.66. The number of hydrogen-bond acceptors (Lipinski definition) is 4. The Bertz CT molecular complexity index is 480. The molecule has 1 unspecified atom stereocenters. The zero-order valence-corrected chi connectivity index (χ0v) is 10.9. The summed E-state index contributed by atoms with van der Waals surface area (Å²) in [7, 11) is 1.70. The number of fused-ring (bicyclic) bond motifs is 1. The van der Waals surface area contributed by atoms with Gasteiger partial charge in [0.15, 0.2) is 5.96 Å². The van der Waals surface area contributed by atoms with Crippen LogP contribution >= 0.6 is 0 Å². The van der Waals surface area contributed by atoms with E-state index in [2.05, 4.69) is 28.6 Å². The lowest BCUT2D eigenvalue weighted by molar-refractivity contribution is 0.382. The Morgan fingerprint density at radius 1 is 1.39 bits per heavy atom. The van der Waals surface area contributed by atoms with Crippen molar-refractivity contribution in [1.82, 2.24) is 5.32 Å². The normalized spacial score (nSPS) is 22.3. The molecule has 0 spiro atoms.